The molecule has 0 spiro atoms. The normalized spacial score (nSPS) is 18.8. The molecule has 0 N–H and O–H groups in total. The molecule has 0 saturated carbocycles. The first-order valence-electron chi connectivity index (χ1n) is 2.38. The standard InChI is InChI=1S/C6H6OS/c7-6-2-1-4-8-5-3-6/h1-3,5H,4H2. The van der Waals surface area contributed by atoms with Gasteiger partial charge in [0.05, 0.1) is 0 Å². The summed E-state index contributed by atoms with van der Waals surface area (Å²) in [6.45, 7) is 0. The van der Waals surface area contributed by atoms with Gasteiger partial charge in [-0.15, -0.1) is 11.8 Å². The van der Waals surface area contributed by atoms with Crippen LogP contribution < -0.4 is 0 Å². The van der Waals surface area contributed by atoms with Crippen molar-refractivity contribution in [2.24, 2.45) is 0 Å². The van der Waals surface area contributed by atoms with Crippen molar-refractivity contribution in [3.05, 3.63) is 23.6 Å². The Labute approximate surface area is 52.5 Å². The van der Waals surface area contributed by atoms with Gasteiger partial charge in [-0.2, -0.15) is 0 Å². The highest BCUT2D eigenvalue weighted by atomic mass is 32.2. The minimum absolute atomic E-state index is 0.0926. The second-order valence-corrected chi connectivity index (χ2v) is 2.38. The van der Waals surface area contributed by atoms with Crippen molar-refractivity contribution in [1.82, 2.24) is 0 Å². The quantitative estimate of drug-likeness (QED) is 0.487. The van der Waals surface area contributed by atoms with Crippen LogP contribution in [-0.2, 0) is 4.79 Å². The number of ketones is 1. The molecule has 2 heteroatoms. The maximum atomic E-state index is 10.5. The number of carbonyl (C=O) groups is 1. The first kappa shape index (κ1) is 5.63. The first-order valence-corrected chi connectivity index (χ1v) is 3.43. The molecule has 0 bridgehead atoms. The van der Waals surface area contributed by atoms with E-state index in [0.29, 0.717) is 0 Å². The minimum Gasteiger partial charge on any atom is -0.290 e. The van der Waals surface area contributed by atoms with Gasteiger partial charge in [0.2, 0.25) is 0 Å². The monoisotopic (exact) mass is 126 g/mol. The molecule has 0 aromatic heterocycles. The summed E-state index contributed by atoms with van der Waals surface area (Å²) < 4.78 is 0. The van der Waals surface area contributed by atoms with Gasteiger partial charge in [0.1, 0.15) is 0 Å². The third kappa shape index (κ3) is 1.54. The molecule has 8 heavy (non-hydrogen) atoms. The third-order valence-corrected chi connectivity index (χ3v) is 1.52. The predicted octanol–water partition coefficient (Wildman–Crippen LogP) is 1.37. The molecule has 42 valence electrons. The average molecular weight is 126 g/mol. The molecule has 1 heterocycles. The molecular weight excluding hydrogens is 120 g/mol. The summed E-state index contributed by atoms with van der Waals surface area (Å²) in [5.74, 6) is 1.01. The van der Waals surface area contributed by atoms with E-state index in [4.69, 9.17) is 0 Å². The number of hydrogen-bond donors (Lipinski definition) is 0. The highest BCUT2D eigenvalue weighted by Gasteiger charge is 1.90. The molecule has 0 saturated heterocycles. The third-order valence-electron chi connectivity index (χ3n) is 0.803. The van der Waals surface area contributed by atoms with Crippen molar-refractivity contribution >= 4 is 17.5 Å². The fourth-order valence-corrected chi connectivity index (χ4v) is 0.995. The average Bonchev–Trinajstić information content (AvgIpc) is 1.94. The van der Waals surface area contributed by atoms with E-state index < -0.39 is 0 Å². The zero-order valence-electron chi connectivity index (χ0n) is 4.33. The van der Waals surface area contributed by atoms with Gasteiger partial charge in [0.15, 0.2) is 5.78 Å². The first-order chi connectivity index (χ1) is 3.89. The second-order valence-electron chi connectivity index (χ2n) is 1.44. The summed E-state index contributed by atoms with van der Waals surface area (Å²) in [6, 6.07) is 0. The van der Waals surface area contributed by atoms with E-state index in [2.05, 4.69) is 0 Å². The Morgan fingerprint density at radius 1 is 1.50 bits per heavy atom. The van der Waals surface area contributed by atoms with Gasteiger partial charge in [-0.3, -0.25) is 4.79 Å². The second kappa shape index (κ2) is 2.72. The topological polar surface area (TPSA) is 17.1 Å². The van der Waals surface area contributed by atoms with Gasteiger partial charge in [-0.05, 0) is 17.6 Å². The molecule has 1 aliphatic heterocycles. The number of carbonyl (C=O) groups excluding carboxylic acids is 1. The maximum Gasteiger partial charge on any atom is 0.178 e. The van der Waals surface area contributed by atoms with E-state index >= 15 is 0 Å². The van der Waals surface area contributed by atoms with Crippen molar-refractivity contribution in [1.29, 1.82) is 0 Å². The van der Waals surface area contributed by atoms with Gasteiger partial charge >= 0.3 is 0 Å². The Hall–Kier alpha value is -0.500. The molecule has 0 aromatic carbocycles. The number of thioether (sulfide) groups is 1. The van der Waals surface area contributed by atoms with Crippen LogP contribution in [0.15, 0.2) is 23.6 Å². The van der Waals surface area contributed by atoms with E-state index in [-0.39, 0.29) is 5.78 Å². The number of rotatable bonds is 0. The molecule has 0 aromatic rings. The van der Waals surface area contributed by atoms with Crippen LogP contribution in [0.25, 0.3) is 0 Å². The molecule has 0 atom stereocenters. The molecule has 1 aliphatic rings. The van der Waals surface area contributed by atoms with Crippen molar-refractivity contribution in [3.8, 4) is 0 Å². The Kier molecular flexibility index (Phi) is 1.92. The molecule has 0 fully saturated rings. The lowest BCUT2D eigenvalue weighted by atomic mass is 10.3. The number of allylic oxidation sites excluding steroid dienone is 2. The fourth-order valence-electron chi connectivity index (χ4n) is 0.446. The van der Waals surface area contributed by atoms with Crippen LogP contribution in [0.5, 0.6) is 0 Å². The van der Waals surface area contributed by atoms with E-state index in [9.17, 15) is 4.79 Å². The Bertz CT molecular complexity index is 131. The van der Waals surface area contributed by atoms with Crippen molar-refractivity contribution < 1.29 is 4.79 Å². The largest absolute Gasteiger partial charge is 0.290 e. The lowest BCUT2D eigenvalue weighted by molar-refractivity contribution is -0.110. The Morgan fingerprint density at radius 2 is 2.38 bits per heavy atom. The lowest BCUT2D eigenvalue weighted by Crippen LogP contribution is -1.80. The number of hydrogen-bond acceptors (Lipinski definition) is 2. The predicted molar refractivity (Wildman–Crippen MR) is 35.7 cm³/mol. The molecule has 0 amide bonds. The Balaban J connectivity index is 2.64. The fraction of sp³-hybridized carbons (Fsp3) is 0.167. The van der Waals surface area contributed by atoms with Crippen LogP contribution in [-0.4, -0.2) is 11.5 Å². The molecular formula is C6H6OS. The van der Waals surface area contributed by atoms with Gasteiger partial charge in [0.25, 0.3) is 0 Å². The summed E-state index contributed by atoms with van der Waals surface area (Å²) in [6.07, 6.45) is 5.04. The molecule has 0 radical (unpaired) electrons. The van der Waals surface area contributed by atoms with Crippen LogP contribution in [0.4, 0.5) is 0 Å². The Morgan fingerprint density at radius 3 is 3.25 bits per heavy atom. The van der Waals surface area contributed by atoms with Crippen LogP contribution in [0.2, 0.25) is 0 Å². The van der Waals surface area contributed by atoms with E-state index in [1.54, 1.807) is 23.9 Å². The van der Waals surface area contributed by atoms with E-state index in [0.717, 1.165) is 5.75 Å². The van der Waals surface area contributed by atoms with Crippen molar-refractivity contribution in [2.45, 2.75) is 0 Å². The lowest BCUT2D eigenvalue weighted by Gasteiger charge is -1.76. The molecule has 1 rings (SSSR count). The van der Waals surface area contributed by atoms with E-state index in [1.807, 2.05) is 11.5 Å². The molecule has 0 unspecified atom stereocenters. The highest BCUT2D eigenvalue weighted by Crippen LogP contribution is 2.05. The SMILES string of the molecule is O=C1C=CCSC=C1. The van der Waals surface area contributed by atoms with Gasteiger partial charge < -0.3 is 0 Å². The van der Waals surface area contributed by atoms with Gasteiger partial charge in [-0.1, -0.05) is 6.08 Å². The highest BCUT2D eigenvalue weighted by molar-refractivity contribution is 8.02. The van der Waals surface area contributed by atoms with Crippen molar-refractivity contribution in [2.75, 3.05) is 5.75 Å². The summed E-state index contributed by atoms with van der Waals surface area (Å²) in [5, 5.41) is 1.82. The van der Waals surface area contributed by atoms with Crippen molar-refractivity contribution in [3.63, 3.8) is 0 Å². The zero-order valence-corrected chi connectivity index (χ0v) is 5.15. The summed E-state index contributed by atoms with van der Waals surface area (Å²) in [4.78, 5) is 10.5. The smallest absolute Gasteiger partial charge is 0.178 e. The van der Waals surface area contributed by atoms with Gasteiger partial charge in [0, 0.05) is 5.75 Å². The molecule has 0 aliphatic carbocycles. The van der Waals surface area contributed by atoms with Crippen LogP contribution >= 0.6 is 11.8 Å². The van der Waals surface area contributed by atoms with Crippen LogP contribution in [0, 0.1) is 0 Å². The summed E-state index contributed by atoms with van der Waals surface area (Å²) in [5.41, 5.74) is 0. The molecule has 1 nitrogen and oxygen atoms in total. The minimum atomic E-state index is 0.0926. The summed E-state index contributed by atoms with van der Waals surface area (Å²) in [7, 11) is 0. The zero-order chi connectivity index (χ0) is 5.82. The van der Waals surface area contributed by atoms with Crippen LogP contribution in [0.3, 0.4) is 0 Å². The maximum absolute atomic E-state index is 10.5. The van der Waals surface area contributed by atoms with Gasteiger partial charge in [-0.25, -0.2) is 0 Å². The van der Waals surface area contributed by atoms with Crippen LogP contribution in [0.1, 0.15) is 0 Å². The summed E-state index contributed by atoms with van der Waals surface area (Å²) >= 11 is 1.63. The van der Waals surface area contributed by atoms with E-state index in [1.165, 1.54) is 0 Å².